The molecule has 0 aromatic carbocycles. The Kier molecular flexibility index (Phi) is 5.33. The highest BCUT2D eigenvalue weighted by atomic mass is 19.1. The number of nitrogens with zero attached hydrogens (tertiary/aromatic N) is 2. The van der Waals surface area contributed by atoms with Gasteiger partial charge in [-0.2, -0.15) is 0 Å². The van der Waals surface area contributed by atoms with Crippen molar-refractivity contribution in [2.45, 2.75) is 58.3 Å². The summed E-state index contributed by atoms with van der Waals surface area (Å²) in [6.07, 6.45) is 6.53. The van der Waals surface area contributed by atoms with Crippen LogP contribution in [0.4, 0.5) is 4.39 Å². The van der Waals surface area contributed by atoms with Crippen LogP contribution in [-0.2, 0) is 11.3 Å². The van der Waals surface area contributed by atoms with Crippen LogP contribution >= 0.6 is 0 Å². The number of amides is 1. The summed E-state index contributed by atoms with van der Waals surface area (Å²) in [5.41, 5.74) is 1.88. The molecule has 1 aromatic heterocycles. The van der Waals surface area contributed by atoms with E-state index < -0.39 is 6.17 Å². The Morgan fingerprint density at radius 3 is 3.00 bits per heavy atom. The molecule has 2 heterocycles. The smallest absolute Gasteiger partial charge is 0.220 e. The molecule has 1 unspecified atom stereocenters. The van der Waals surface area contributed by atoms with Crippen LogP contribution < -0.4 is 5.32 Å². The van der Waals surface area contributed by atoms with Gasteiger partial charge in [0.15, 0.2) is 0 Å². The fraction of sp³-hybridized carbons (Fsp3) is 0.667. The van der Waals surface area contributed by atoms with Gasteiger partial charge in [0.25, 0.3) is 0 Å². The zero-order chi connectivity index (χ0) is 17.1. The van der Waals surface area contributed by atoms with Crippen LogP contribution in [0, 0.1) is 19.8 Å². The molecule has 1 saturated heterocycles. The molecule has 1 aliphatic heterocycles. The molecule has 3 atom stereocenters. The fourth-order valence-electron chi connectivity index (χ4n) is 3.67. The van der Waals surface area contributed by atoms with Gasteiger partial charge in [-0.3, -0.25) is 9.69 Å². The molecule has 3 rings (SSSR count). The number of nitrogens with one attached hydrogen (secondary N) is 1. The third-order valence-electron chi connectivity index (χ3n) is 5.11. The third-order valence-corrected chi connectivity index (χ3v) is 5.11. The number of hydrogen-bond acceptors (Lipinski definition) is 4. The average molecular weight is 335 g/mol. The van der Waals surface area contributed by atoms with Gasteiger partial charge in [-0.25, -0.2) is 4.39 Å². The zero-order valence-corrected chi connectivity index (χ0v) is 14.4. The Morgan fingerprint density at radius 2 is 2.33 bits per heavy atom. The second kappa shape index (κ2) is 7.47. The van der Waals surface area contributed by atoms with Gasteiger partial charge in [0.2, 0.25) is 5.91 Å². The van der Waals surface area contributed by atoms with E-state index in [2.05, 4.69) is 27.5 Å². The van der Waals surface area contributed by atoms with Gasteiger partial charge in [-0.15, -0.1) is 0 Å². The van der Waals surface area contributed by atoms with Crippen LogP contribution in [0.3, 0.4) is 0 Å². The lowest BCUT2D eigenvalue weighted by atomic mass is 10.0. The van der Waals surface area contributed by atoms with Gasteiger partial charge in [-0.1, -0.05) is 17.3 Å². The minimum atomic E-state index is -0.842. The van der Waals surface area contributed by atoms with Crippen LogP contribution in [0.5, 0.6) is 0 Å². The molecule has 1 fully saturated rings. The largest absolute Gasteiger partial charge is 0.361 e. The van der Waals surface area contributed by atoms with Crippen molar-refractivity contribution in [2.24, 2.45) is 5.92 Å². The molecule has 6 heteroatoms. The van der Waals surface area contributed by atoms with Crippen molar-refractivity contribution in [1.29, 1.82) is 0 Å². The van der Waals surface area contributed by atoms with Gasteiger partial charge >= 0.3 is 0 Å². The van der Waals surface area contributed by atoms with Crippen molar-refractivity contribution in [1.82, 2.24) is 15.4 Å². The SMILES string of the molecule is Cc1noc(C)c1CN1C[C@@H](F)C[C@H]1CNC(=O)CC1C=CCC1. The third kappa shape index (κ3) is 4.04. The summed E-state index contributed by atoms with van der Waals surface area (Å²) in [5, 5.41) is 6.95. The number of aryl methyl sites for hydroxylation is 2. The molecule has 1 amide bonds. The van der Waals surface area contributed by atoms with E-state index in [0.29, 0.717) is 38.4 Å². The van der Waals surface area contributed by atoms with E-state index in [1.807, 2.05) is 13.8 Å². The highest BCUT2D eigenvalue weighted by molar-refractivity contribution is 5.76. The van der Waals surface area contributed by atoms with Gasteiger partial charge in [0.1, 0.15) is 11.9 Å². The maximum absolute atomic E-state index is 13.9. The monoisotopic (exact) mass is 335 g/mol. The number of rotatable bonds is 6. The first kappa shape index (κ1) is 17.1. The quantitative estimate of drug-likeness (QED) is 0.812. The second-order valence-corrected chi connectivity index (χ2v) is 6.99. The van der Waals surface area contributed by atoms with E-state index in [-0.39, 0.29) is 11.9 Å². The van der Waals surface area contributed by atoms with Crippen molar-refractivity contribution in [3.05, 3.63) is 29.2 Å². The van der Waals surface area contributed by atoms with E-state index in [0.717, 1.165) is 29.9 Å². The topological polar surface area (TPSA) is 58.4 Å². The number of hydrogen-bond donors (Lipinski definition) is 1. The Bertz CT molecular complexity index is 594. The van der Waals surface area contributed by atoms with E-state index >= 15 is 0 Å². The second-order valence-electron chi connectivity index (χ2n) is 6.99. The fourth-order valence-corrected chi connectivity index (χ4v) is 3.67. The molecule has 0 radical (unpaired) electrons. The normalized spacial score (nSPS) is 27.0. The van der Waals surface area contributed by atoms with Crippen molar-refractivity contribution >= 4 is 5.91 Å². The number of aromatic nitrogens is 1. The molecule has 0 bridgehead atoms. The molecule has 1 aromatic rings. The van der Waals surface area contributed by atoms with E-state index in [1.165, 1.54) is 0 Å². The van der Waals surface area contributed by atoms with Crippen molar-refractivity contribution in [2.75, 3.05) is 13.1 Å². The molecule has 132 valence electrons. The van der Waals surface area contributed by atoms with Crippen LogP contribution in [0.25, 0.3) is 0 Å². The summed E-state index contributed by atoms with van der Waals surface area (Å²) in [6.45, 7) is 5.30. The number of alkyl halides is 1. The van der Waals surface area contributed by atoms with Crippen LogP contribution in [0.1, 0.15) is 42.7 Å². The van der Waals surface area contributed by atoms with Gasteiger partial charge < -0.3 is 9.84 Å². The number of halogens is 1. The predicted molar refractivity (Wildman–Crippen MR) is 89.2 cm³/mol. The molecule has 2 aliphatic rings. The predicted octanol–water partition coefficient (Wildman–Crippen LogP) is 2.68. The number of carbonyl (C=O) groups excluding carboxylic acids is 1. The van der Waals surface area contributed by atoms with Crippen molar-refractivity contribution in [3.63, 3.8) is 0 Å². The molecular formula is C18H26FN3O2. The van der Waals surface area contributed by atoms with Crippen molar-refractivity contribution in [3.8, 4) is 0 Å². The molecule has 24 heavy (non-hydrogen) atoms. The minimum absolute atomic E-state index is 0.0248. The first-order chi connectivity index (χ1) is 11.5. The first-order valence-electron chi connectivity index (χ1n) is 8.76. The molecule has 0 saturated carbocycles. The lowest BCUT2D eigenvalue weighted by Gasteiger charge is -2.24. The lowest BCUT2D eigenvalue weighted by Crippen LogP contribution is -2.40. The molecule has 0 spiro atoms. The van der Waals surface area contributed by atoms with Gasteiger partial charge in [-0.05, 0) is 39.0 Å². The summed E-state index contributed by atoms with van der Waals surface area (Å²) < 4.78 is 19.1. The highest BCUT2D eigenvalue weighted by Gasteiger charge is 2.33. The maximum Gasteiger partial charge on any atom is 0.220 e. The highest BCUT2D eigenvalue weighted by Crippen LogP contribution is 2.25. The van der Waals surface area contributed by atoms with Gasteiger partial charge in [0, 0.05) is 37.7 Å². The zero-order valence-electron chi connectivity index (χ0n) is 14.4. The van der Waals surface area contributed by atoms with E-state index in [9.17, 15) is 9.18 Å². The molecular weight excluding hydrogens is 309 g/mol. The Labute approximate surface area is 142 Å². The minimum Gasteiger partial charge on any atom is -0.361 e. The maximum atomic E-state index is 13.9. The summed E-state index contributed by atoms with van der Waals surface area (Å²) in [7, 11) is 0. The molecule has 5 nitrogen and oxygen atoms in total. The van der Waals surface area contributed by atoms with Crippen LogP contribution in [-0.4, -0.2) is 41.3 Å². The van der Waals surface area contributed by atoms with Crippen LogP contribution in [0.15, 0.2) is 16.7 Å². The Balaban J connectivity index is 1.53. The Hall–Kier alpha value is -1.69. The number of allylic oxidation sites excluding steroid dienone is 2. The summed E-state index contributed by atoms with van der Waals surface area (Å²) in [6, 6.07) is 0.0248. The number of carbonyl (C=O) groups is 1. The molecule has 1 N–H and O–H groups in total. The summed E-state index contributed by atoms with van der Waals surface area (Å²) >= 11 is 0. The van der Waals surface area contributed by atoms with Crippen LogP contribution in [0.2, 0.25) is 0 Å². The lowest BCUT2D eigenvalue weighted by molar-refractivity contribution is -0.121. The summed E-state index contributed by atoms with van der Waals surface area (Å²) in [5.74, 6) is 1.21. The van der Waals surface area contributed by atoms with E-state index in [1.54, 1.807) is 0 Å². The summed E-state index contributed by atoms with van der Waals surface area (Å²) in [4.78, 5) is 14.2. The first-order valence-corrected chi connectivity index (χ1v) is 8.76. The van der Waals surface area contributed by atoms with E-state index in [4.69, 9.17) is 4.52 Å². The standard InChI is InChI=1S/C18H26FN3O2/c1-12-17(13(2)24-21-12)11-22-10-15(19)8-16(22)9-20-18(23)7-14-5-3-4-6-14/h3,5,14-16H,4,6-11H2,1-2H3,(H,20,23)/t14?,15-,16-/m0/s1. The molecule has 1 aliphatic carbocycles. The number of likely N-dealkylation sites (tertiary alicyclic amines) is 1. The van der Waals surface area contributed by atoms with Gasteiger partial charge in [0.05, 0.1) is 5.69 Å². The Morgan fingerprint density at radius 1 is 1.50 bits per heavy atom. The van der Waals surface area contributed by atoms with Crippen molar-refractivity contribution < 1.29 is 13.7 Å². The average Bonchev–Trinajstić information content (AvgIpc) is 3.23.